The highest BCUT2D eigenvalue weighted by Crippen LogP contribution is 2.06. The van der Waals surface area contributed by atoms with Gasteiger partial charge in [-0.15, -0.1) is 0 Å². The zero-order valence-corrected chi connectivity index (χ0v) is 10.7. The quantitative estimate of drug-likeness (QED) is 0.762. The van der Waals surface area contributed by atoms with E-state index in [9.17, 15) is 4.79 Å². The summed E-state index contributed by atoms with van der Waals surface area (Å²) < 4.78 is 7.45. The van der Waals surface area contributed by atoms with Crippen LogP contribution in [0.1, 0.15) is 18.7 Å². The van der Waals surface area contributed by atoms with Crippen molar-refractivity contribution in [3.05, 3.63) is 18.2 Å². The van der Waals surface area contributed by atoms with E-state index < -0.39 is 0 Å². The summed E-state index contributed by atoms with van der Waals surface area (Å²) >= 11 is 0. The Morgan fingerprint density at radius 2 is 2.39 bits per heavy atom. The molecule has 2 heterocycles. The van der Waals surface area contributed by atoms with Gasteiger partial charge in [0.05, 0.1) is 12.6 Å². The molecule has 1 aromatic heterocycles. The lowest BCUT2D eigenvalue weighted by Crippen LogP contribution is -2.35. The van der Waals surface area contributed by atoms with Crippen molar-refractivity contribution in [3.63, 3.8) is 0 Å². The number of rotatable bonds is 5. The van der Waals surface area contributed by atoms with E-state index in [1.165, 1.54) is 0 Å². The van der Waals surface area contributed by atoms with E-state index >= 15 is 0 Å². The summed E-state index contributed by atoms with van der Waals surface area (Å²) in [6.45, 7) is 2.52. The van der Waals surface area contributed by atoms with Crippen LogP contribution in [0.5, 0.6) is 0 Å². The van der Waals surface area contributed by atoms with Crippen molar-refractivity contribution >= 4 is 5.91 Å². The molecule has 1 amide bonds. The van der Waals surface area contributed by atoms with E-state index in [0.717, 1.165) is 31.8 Å². The molecule has 0 unspecified atom stereocenters. The van der Waals surface area contributed by atoms with Gasteiger partial charge < -0.3 is 19.9 Å². The number of imidazole rings is 1. The Balaban J connectivity index is 1.64. The first-order valence-electron chi connectivity index (χ1n) is 6.31. The Kier molecular flexibility index (Phi) is 4.72. The van der Waals surface area contributed by atoms with Crippen LogP contribution >= 0.6 is 0 Å². The van der Waals surface area contributed by atoms with Crippen LogP contribution in [0.2, 0.25) is 0 Å². The fourth-order valence-electron chi connectivity index (χ4n) is 1.95. The topological polar surface area (TPSA) is 68.2 Å². The fraction of sp³-hybridized carbons (Fsp3) is 0.667. The lowest BCUT2D eigenvalue weighted by atomic mass is 10.1. The highest BCUT2D eigenvalue weighted by molar-refractivity contribution is 5.77. The molecule has 2 N–H and O–H groups in total. The molecule has 1 aromatic rings. The molecule has 2 rings (SSSR count). The van der Waals surface area contributed by atoms with Crippen LogP contribution in [0.15, 0.2) is 12.4 Å². The molecule has 100 valence electrons. The predicted octanol–water partition coefficient (Wildman–Crippen LogP) is -0.195. The minimum Gasteiger partial charge on any atom is -0.368 e. The SMILES string of the molecule is Cn1ccnc1CNC(=O)COC1CCNCC1. The number of carbonyl (C=O) groups is 1. The Hall–Kier alpha value is -1.40. The molecule has 0 saturated carbocycles. The zero-order valence-electron chi connectivity index (χ0n) is 10.7. The van der Waals surface area contributed by atoms with Crippen molar-refractivity contribution in [2.45, 2.75) is 25.5 Å². The Morgan fingerprint density at radius 1 is 1.61 bits per heavy atom. The first-order chi connectivity index (χ1) is 8.75. The molecule has 0 atom stereocenters. The summed E-state index contributed by atoms with van der Waals surface area (Å²) in [6.07, 6.45) is 5.74. The molecule has 1 aliphatic heterocycles. The summed E-state index contributed by atoms with van der Waals surface area (Å²) in [5, 5.41) is 6.06. The van der Waals surface area contributed by atoms with Gasteiger partial charge in [0.25, 0.3) is 0 Å². The molecule has 1 fully saturated rings. The molecular weight excluding hydrogens is 232 g/mol. The fourth-order valence-corrected chi connectivity index (χ4v) is 1.95. The molecule has 1 saturated heterocycles. The van der Waals surface area contributed by atoms with E-state index in [1.54, 1.807) is 6.20 Å². The minimum absolute atomic E-state index is 0.0865. The number of aryl methyl sites for hydroxylation is 1. The highest BCUT2D eigenvalue weighted by atomic mass is 16.5. The molecule has 1 aliphatic rings. The number of ether oxygens (including phenoxy) is 1. The maximum atomic E-state index is 11.6. The van der Waals surface area contributed by atoms with Gasteiger partial charge >= 0.3 is 0 Å². The van der Waals surface area contributed by atoms with Gasteiger partial charge in [-0.3, -0.25) is 4.79 Å². The van der Waals surface area contributed by atoms with Gasteiger partial charge in [-0.1, -0.05) is 0 Å². The van der Waals surface area contributed by atoms with Gasteiger partial charge in [0.1, 0.15) is 12.4 Å². The molecule has 0 radical (unpaired) electrons. The number of aromatic nitrogens is 2. The number of hydrogen-bond acceptors (Lipinski definition) is 4. The number of piperidine rings is 1. The second-order valence-electron chi connectivity index (χ2n) is 4.49. The molecule has 0 aromatic carbocycles. The second-order valence-corrected chi connectivity index (χ2v) is 4.49. The van der Waals surface area contributed by atoms with Crippen LogP contribution in [0.25, 0.3) is 0 Å². The number of nitrogens with one attached hydrogen (secondary N) is 2. The Bertz CT molecular complexity index is 385. The van der Waals surface area contributed by atoms with Crippen LogP contribution in [0, 0.1) is 0 Å². The third kappa shape index (κ3) is 3.82. The summed E-state index contributed by atoms with van der Waals surface area (Å²) in [5.74, 6) is 0.752. The van der Waals surface area contributed by atoms with Crippen molar-refractivity contribution < 1.29 is 9.53 Å². The van der Waals surface area contributed by atoms with E-state index in [-0.39, 0.29) is 18.6 Å². The largest absolute Gasteiger partial charge is 0.368 e. The number of carbonyl (C=O) groups excluding carboxylic acids is 1. The van der Waals surface area contributed by atoms with Crippen LogP contribution in [0.4, 0.5) is 0 Å². The molecule has 6 heteroatoms. The van der Waals surface area contributed by atoms with Crippen molar-refractivity contribution in [2.24, 2.45) is 7.05 Å². The molecule has 0 aliphatic carbocycles. The van der Waals surface area contributed by atoms with Gasteiger partial charge in [-0.05, 0) is 25.9 Å². The van der Waals surface area contributed by atoms with Gasteiger partial charge in [0.2, 0.25) is 5.91 Å². The number of nitrogens with zero attached hydrogens (tertiary/aromatic N) is 2. The van der Waals surface area contributed by atoms with E-state index in [2.05, 4.69) is 15.6 Å². The Labute approximate surface area is 107 Å². The maximum Gasteiger partial charge on any atom is 0.246 e. The van der Waals surface area contributed by atoms with Crippen LogP contribution in [0.3, 0.4) is 0 Å². The second kappa shape index (κ2) is 6.51. The van der Waals surface area contributed by atoms with Crippen molar-refractivity contribution in [3.8, 4) is 0 Å². The summed E-state index contributed by atoms with van der Waals surface area (Å²) in [6, 6.07) is 0. The molecule has 6 nitrogen and oxygen atoms in total. The van der Waals surface area contributed by atoms with E-state index in [1.807, 2.05) is 17.8 Å². The average Bonchev–Trinajstić information content (AvgIpc) is 2.81. The van der Waals surface area contributed by atoms with Crippen LogP contribution < -0.4 is 10.6 Å². The Morgan fingerprint density at radius 3 is 3.06 bits per heavy atom. The molecule has 18 heavy (non-hydrogen) atoms. The van der Waals surface area contributed by atoms with Gasteiger partial charge in [-0.25, -0.2) is 4.98 Å². The zero-order chi connectivity index (χ0) is 12.8. The third-order valence-electron chi connectivity index (χ3n) is 3.10. The minimum atomic E-state index is -0.0865. The third-order valence-corrected chi connectivity index (χ3v) is 3.10. The number of amides is 1. The van der Waals surface area contributed by atoms with Crippen molar-refractivity contribution in [2.75, 3.05) is 19.7 Å². The average molecular weight is 252 g/mol. The maximum absolute atomic E-state index is 11.6. The first-order valence-corrected chi connectivity index (χ1v) is 6.31. The lowest BCUT2D eigenvalue weighted by molar-refractivity contribution is -0.128. The normalized spacial score (nSPS) is 16.7. The van der Waals surface area contributed by atoms with Gasteiger partial charge in [0.15, 0.2) is 0 Å². The van der Waals surface area contributed by atoms with E-state index in [4.69, 9.17) is 4.74 Å². The first kappa shape index (κ1) is 13.0. The van der Waals surface area contributed by atoms with Gasteiger partial charge in [0, 0.05) is 19.4 Å². The smallest absolute Gasteiger partial charge is 0.246 e. The van der Waals surface area contributed by atoms with Crippen LogP contribution in [-0.2, 0) is 23.1 Å². The highest BCUT2D eigenvalue weighted by Gasteiger charge is 2.14. The van der Waals surface area contributed by atoms with Gasteiger partial charge in [-0.2, -0.15) is 0 Å². The van der Waals surface area contributed by atoms with Crippen LogP contribution in [-0.4, -0.2) is 41.3 Å². The molecule has 0 spiro atoms. The summed E-state index contributed by atoms with van der Waals surface area (Å²) in [4.78, 5) is 15.7. The number of hydrogen-bond donors (Lipinski definition) is 2. The molecule has 0 bridgehead atoms. The van der Waals surface area contributed by atoms with Crippen molar-refractivity contribution in [1.29, 1.82) is 0 Å². The predicted molar refractivity (Wildman–Crippen MR) is 66.9 cm³/mol. The van der Waals surface area contributed by atoms with E-state index in [0.29, 0.717) is 6.54 Å². The summed E-state index contributed by atoms with van der Waals surface area (Å²) in [5.41, 5.74) is 0. The lowest BCUT2D eigenvalue weighted by Gasteiger charge is -2.22. The summed E-state index contributed by atoms with van der Waals surface area (Å²) in [7, 11) is 1.90. The monoisotopic (exact) mass is 252 g/mol. The standard InChI is InChI=1S/C12H20N4O2/c1-16-7-6-14-11(16)8-15-12(17)9-18-10-2-4-13-5-3-10/h6-7,10,13H,2-5,8-9H2,1H3,(H,15,17). The van der Waals surface area contributed by atoms with Crippen molar-refractivity contribution in [1.82, 2.24) is 20.2 Å². The molecular formula is C12H20N4O2.